The highest BCUT2D eigenvalue weighted by Crippen LogP contribution is 2.00. The van der Waals surface area contributed by atoms with Crippen molar-refractivity contribution in [2.24, 2.45) is 0 Å². The first-order valence-electron chi connectivity index (χ1n) is 3.67. The molecule has 76 valence electrons. The summed E-state index contributed by atoms with van der Waals surface area (Å²) in [6, 6.07) is 1.40. The molecule has 0 aliphatic heterocycles. The fraction of sp³-hybridized carbons (Fsp3) is 0.286. The Morgan fingerprint density at radius 2 is 2.43 bits per heavy atom. The van der Waals surface area contributed by atoms with Gasteiger partial charge in [0.05, 0.1) is 0 Å². The smallest absolute Gasteiger partial charge is 0.332 e. The maximum Gasteiger partial charge on any atom is 0.332 e. The van der Waals surface area contributed by atoms with Crippen LogP contribution in [0.4, 0.5) is 0 Å². The third-order valence-electron chi connectivity index (χ3n) is 1.22. The second-order valence-corrected chi connectivity index (χ2v) is 2.44. The molecule has 0 saturated carbocycles. The maximum absolute atomic E-state index is 11.1. The summed E-state index contributed by atoms with van der Waals surface area (Å²) < 4.78 is 4.63. The standard InChI is InChI=1S/C7H8N2O5/c1-4-2-5(8-14-4)7(12)9-13-3-6(10)11/h2H,3H2,1H3,(H,9,12)(H,10,11). The number of aliphatic carboxylic acids is 1. The number of carbonyl (C=O) groups is 2. The molecule has 0 aliphatic carbocycles. The molecule has 0 unspecified atom stereocenters. The first kappa shape index (κ1) is 10.2. The fourth-order valence-corrected chi connectivity index (χ4v) is 0.689. The zero-order chi connectivity index (χ0) is 10.6. The van der Waals surface area contributed by atoms with Crippen LogP contribution in [0, 0.1) is 6.92 Å². The first-order chi connectivity index (χ1) is 6.59. The van der Waals surface area contributed by atoms with E-state index in [1.165, 1.54) is 6.07 Å². The lowest BCUT2D eigenvalue weighted by Gasteiger charge is -1.99. The Labute approximate surface area is 78.6 Å². The molecular formula is C7H8N2O5. The lowest BCUT2D eigenvalue weighted by molar-refractivity contribution is -0.144. The van der Waals surface area contributed by atoms with E-state index in [1.54, 1.807) is 6.92 Å². The van der Waals surface area contributed by atoms with E-state index in [0.717, 1.165) is 0 Å². The van der Waals surface area contributed by atoms with E-state index in [-0.39, 0.29) is 5.69 Å². The second-order valence-electron chi connectivity index (χ2n) is 2.44. The van der Waals surface area contributed by atoms with Crippen molar-refractivity contribution in [3.8, 4) is 0 Å². The van der Waals surface area contributed by atoms with Gasteiger partial charge < -0.3 is 9.63 Å². The van der Waals surface area contributed by atoms with Crippen molar-refractivity contribution in [1.29, 1.82) is 0 Å². The quantitative estimate of drug-likeness (QED) is 0.648. The van der Waals surface area contributed by atoms with E-state index >= 15 is 0 Å². The fourth-order valence-electron chi connectivity index (χ4n) is 0.689. The molecule has 0 atom stereocenters. The summed E-state index contributed by atoms with van der Waals surface area (Å²) in [5.74, 6) is -1.35. The Kier molecular flexibility index (Phi) is 3.19. The molecule has 14 heavy (non-hydrogen) atoms. The second kappa shape index (κ2) is 4.38. The predicted octanol–water partition coefficient (Wildman–Crippen LogP) is -0.271. The summed E-state index contributed by atoms with van der Waals surface area (Å²) >= 11 is 0. The molecule has 0 spiro atoms. The Morgan fingerprint density at radius 1 is 1.71 bits per heavy atom. The van der Waals surface area contributed by atoms with Gasteiger partial charge in [-0.25, -0.2) is 10.3 Å². The topological polar surface area (TPSA) is 102 Å². The van der Waals surface area contributed by atoms with Gasteiger partial charge in [0.1, 0.15) is 5.76 Å². The molecule has 2 N–H and O–H groups in total. The van der Waals surface area contributed by atoms with Crippen LogP contribution < -0.4 is 5.48 Å². The number of hydrogen-bond acceptors (Lipinski definition) is 5. The van der Waals surface area contributed by atoms with Crippen LogP contribution in [-0.4, -0.2) is 28.7 Å². The minimum absolute atomic E-state index is 0.0351. The minimum Gasteiger partial charge on any atom is -0.479 e. The lowest BCUT2D eigenvalue weighted by atomic mass is 10.4. The Hall–Kier alpha value is -1.89. The van der Waals surface area contributed by atoms with E-state index in [4.69, 9.17) is 5.11 Å². The summed E-state index contributed by atoms with van der Waals surface area (Å²) in [7, 11) is 0. The zero-order valence-corrected chi connectivity index (χ0v) is 7.31. The van der Waals surface area contributed by atoms with Crippen molar-refractivity contribution in [3.05, 3.63) is 17.5 Å². The summed E-state index contributed by atoms with van der Waals surface area (Å²) in [6.07, 6.45) is 0. The van der Waals surface area contributed by atoms with Crippen LogP contribution in [0.3, 0.4) is 0 Å². The SMILES string of the molecule is Cc1cc(C(=O)NOCC(=O)O)no1. The molecule has 0 aliphatic rings. The van der Waals surface area contributed by atoms with Crippen molar-refractivity contribution >= 4 is 11.9 Å². The number of carboxylic acid groups (broad SMARTS) is 1. The summed E-state index contributed by atoms with van der Waals surface area (Å²) in [4.78, 5) is 25.4. The largest absolute Gasteiger partial charge is 0.479 e. The van der Waals surface area contributed by atoms with Crippen LogP contribution in [-0.2, 0) is 9.63 Å². The number of hydroxylamine groups is 1. The third kappa shape index (κ3) is 2.87. The summed E-state index contributed by atoms with van der Waals surface area (Å²) in [5, 5.41) is 11.6. The van der Waals surface area contributed by atoms with Gasteiger partial charge in [-0.2, -0.15) is 0 Å². The van der Waals surface area contributed by atoms with Crippen LogP contribution >= 0.6 is 0 Å². The molecule has 1 amide bonds. The van der Waals surface area contributed by atoms with Crippen molar-refractivity contribution in [1.82, 2.24) is 10.6 Å². The number of rotatable bonds is 4. The van der Waals surface area contributed by atoms with Crippen molar-refractivity contribution < 1.29 is 24.1 Å². The average molecular weight is 200 g/mol. The van der Waals surface area contributed by atoms with E-state index in [0.29, 0.717) is 5.76 Å². The number of carbonyl (C=O) groups excluding carboxylic acids is 1. The van der Waals surface area contributed by atoms with Gasteiger partial charge in [-0.1, -0.05) is 5.16 Å². The molecule has 0 bridgehead atoms. The van der Waals surface area contributed by atoms with Gasteiger partial charge in [-0.15, -0.1) is 0 Å². The number of nitrogens with zero attached hydrogens (tertiary/aromatic N) is 1. The molecule has 1 aromatic heterocycles. The predicted molar refractivity (Wildman–Crippen MR) is 42.3 cm³/mol. The van der Waals surface area contributed by atoms with Crippen LogP contribution in [0.25, 0.3) is 0 Å². The highest BCUT2D eigenvalue weighted by Gasteiger charge is 2.10. The normalized spacial score (nSPS) is 9.79. The van der Waals surface area contributed by atoms with Crippen LogP contribution in [0.1, 0.15) is 16.2 Å². The minimum atomic E-state index is -1.18. The number of carboxylic acids is 1. The van der Waals surface area contributed by atoms with E-state index < -0.39 is 18.5 Å². The number of aromatic nitrogens is 1. The molecular weight excluding hydrogens is 192 g/mol. The Morgan fingerprint density at radius 3 is 2.93 bits per heavy atom. The zero-order valence-electron chi connectivity index (χ0n) is 7.31. The van der Waals surface area contributed by atoms with Gasteiger partial charge in [0.15, 0.2) is 12.3 Å². The Bertz CT molecular complexity index is 346. The van der Waals surface area contributed by atoms with E-state index in [2.05, 4.69) is 14.5 Å². The summed E-state index contributed by atoms with van der Waals surface area (Å²) in [6.45, 7) is 1.02. The molecule has 7 heteroatoms. The van der Waals surface area contributed by atoms with Crippen molar-refractivity contribution in [3.63, 3.8) is 0 Å². The molecule has 0 radical (unpaired) electrons. The van der Waals surface area contributed by atoms with Crippen LogP contribution in [0.2, 0.25) is 0 Å². The number of amides is 1. The molecule has 0 saturated heterocycles. The number of nitrogens with one attached hydrogen (secondary N) is 1. The number of aryl methyl sites for hydroxylation is 1. The van der Waals surface area contributed by atoms with Crippen LogP contribution in [0.15, 0.2) is 10.6 Å². The van der Waals surface area contributed by atoms with E-state index in [1.807, 2.05) is 5.48 Å². The van der Waals surface area contributed by atoms with Crippen molar-refractivity contribution in [2.45, 2.75) is 6.92 Å². The van der Waals surface area contributed by atoms with Crippen LogP contribution in [0.5, 0.6) is 0 Å². The molecule has 1 heterocycles. The molecule has 7 nitrogen and oxygen atoms in total. The average Bonchev–Trinajstić information content (AvgIpc) is 2.51. The lowest BCUT2D eigenvalue weighted by Crippen LogP contribution is -2.26. The van der Waals surface area contributed by atoms with E-state index in [9.17, 15) is 9.59 Å². The maximum atomic E-state index is 11.1. The highest BCUT2D eigenvalue weighted by atomic mass is 16.7. The monoisotopic (exact) mass is 200 g/mol. The Balaban J connectivity index is 2.39. The van der Waals surface area contributed by atoms with Gasteiger partial charge >= 0.3 is 5.97 Å². The van der Waals surface area contributed by atoms with Gasteiger partial charge in [-0.05, 0) is 6.92 Å². The number of hydrogen-bond donors (Lipinski definition) is 2. The molecule has 1 aromatic rings. The van der Waals surface area contributed by atoms with Crippen molar-refractivity contribution in [2.75, 3.05) is 6.61 Å². The van der Waals surface area contributed by atoms with Gasteiger partial charge in [0, 0.05) is 6.07 Å². The first-order valence-corrected chi connectivity index (χ1v) is 3.67. The molecule has 1 rings (SSSR count). The third-order valence-corrected chi connectivity index (χ3v) is 1.22. The van der Waals surface area contributed by atoms with Gasteiger partial charge in [0.2, 0.25) is 0 Å². The van der Waals surface area contributed by atoms with Gasteiger partial charge in [0.25, 0.3) is 5.91 Å². The highest BCUT2D eigenvalue weighted by molar-refractivity contribution is 5.91. The molecule has 0 fully saturated rings. The summed E-state index contributed by atoms with van der Waals surface area (Å²) in [5.41, 5.74) is 1.94. The molecule has 0 aromatic carbocycles. The van der Waals surface area contributed by atoms with Gasteiger partial charge in [-0.3, -0.25) is 9.63 Å².